The van der Waals surface area contributed by atoms with E-state index in [2.05, 4.69) is 41.6 Å². The molecule has 1 aliphatic rings. The first-order valence-corrected chi connectivity index (χ1v) is 6.90. The second kappa shape index (κ2) is 4.09. The Labute approximate surface area is 105 Å². The average Bonchev–Trinajstić information content (AvgIpc) is 2.85. The lowest BCUT2D eigenvalue weighted by Crippen LogP contribution is -2.34. The zero-order valence-corrected chi connectivity index (χ0v) is 10.8. The van der Waals surface area contributed by atoms with E-state index in [1.54, 1.807) is 11.3 Å². The molecule has 0 saturated carbocycles. The molecule has 1 saturated heterocycles. The first-order chi connectivity index (χ1) is 8.16. The average molecular weight is 247 g/mol. The number of fused-ring (bicyclic) bond motifs is 1. The lowest BCUT2D eigenvalue weighted by Gasteiger charge is -2.22. The highest BCUT2D eigenvalue weighted by Gasteiger charge is 2.34. The molecule has 2 nitrogen and oxygen atoms in total. The lowest BCUT2D eigenvalue weighted by molar-refractivity contribution is 0.0527. The number of likely N-dealkylation sites (N-methyl/N-ethyl adjacent to an activating group) is 1. The van der Waals surface area contributed by atoms with Gasteiger partial charge in [-0.3, -0.25) is 0 Å². The van der Waals surface area contributed by atoms with Gasteiger partial charge in [0.05, 0.1) is 5.60 Å². The lowest BCUT2D eigenvalue weighted by atomic mass is 9.93. The van der Waals surface area contributed by atoms with Gasteiger partial charge < -0.3 is 10.0 Å². The fourth-order valence-electron chi connectivity index (χ4n) is 2.73. The number of hydrogen-bond acceptors (Lipinski definition) is 3. The van der Waals surface area contributed by atoms with Crippen LogP contribution < -0.4 is 0 Å². The van der Waals surface area contributed by atoms with Gasteiger partial charge in [-0.2, -0.15) is 0 Å². The predicted octanol–water partition coefficient (Wildman–Crippen LogP) is 2.51. The quantitative estimate of drug-likeness (QED) is 0.881. The van der Waals surface area contributed by atoms with E-state index in [4.69, 9.17) is 0 Å². The summed E-state index contributed by atoms with van der Waals surface area (Å²) in [4.78, 5) is 2.20. The molecule has 3 heteroatoms. The van der Waals surface area contributed by atoms with Gasteiger partial charge >= 0.3 is 0 Å². The second-order valence-corrected chi connectivity index (χ2v) is 6.06. The van der Waals surface area contributed by atoms with Crippen molar-refractivity contribution in [1.29, 1.82) is 0 Å². The highest BCUT2D eigenvalue weighted by molar-refractivity contribution is 7.17. The molecule has 0 aliphatic carbocycles. The van der Waals surface area contributed by atoms with Crippen molar-refractivity contribution in [1.82, 2.24) is 4.90 Å². The standard InChI is InChI=1S/C14H17NOS/c1-15-7-6-14(16,10-15)8-11-9-17-13-5-3-2-4-12(11)13/h2-5,9,16H,6-8,10H2,1H3. The molecule has 1 aromatic heterocycles. The molecule has 2 heterocycles. The normalized spacial score (nSPS) is 25.8. The maximum atomic E-state index is 10.6. The molecule has 3 rings (SSSR count). The number of nitrogens with zero attached hydrogens (tertiary/aromatic N) is 1. The van der Waals surface area contributed by atoms with Crippen molar-refractivity contribution in [2.24, 2.45) is 0 Å². The summed E-state index contributed by atoms with van der Waals surface area (Å²) in [5.74, 6) is 0. The van der Waals surface area contributed by atoms with E-state index in [0.29, 0.717) is 0 Å². The van der Waals surface area contributed by atoms with Gasteiger partial charge in [-0.15, -0.1) is 11.3 Å². The van der Waals surface area contributed by atoms with Crippen LogP contribution in [0.1, 0.15) is 12.0 Å². The number of thiophene rings is 1. The van der Waals surface area contributed by atoms with Crippen molar-refractivity contribution >= 4 is 21.4 Å². The fourth-order valence-corrected chi connectivity index (χ4v) is 3.69. The van der Waals surface area contributed by atoms with Crippen LogP contribution in [-0.2, 0) is 6.42 Å². The van der Waals surface area contributed by atoms with Crippen LogP contribution in [0.2, 0.25) is 0 Å². The van der Waals surface area contributed by atoms with E-state index in [1.165, 1.54) is 15.6 Å². The smallest absolute Gasteiger partial charge is 0.0826 e. The maximum absolute atomic E-state index is 10.6. The van der Waals surface area contributed by atoms with Gasteiger partial charge in [-0.1, -0.05) is 18.2 Å². The molecule has 1 fully saturated rings. The fraction of sp³-hybridized carbons (Fsp3) is 0.429. The van der Waals surface area contributed by atoms with Gasteiger partial charge in [0.2, 0.25) is 0 Å². The van der Waals surface area contributed by atoms with Crippen molar-refractivity contribution < 1.29 is 5.11 Å². The first kappa shape index (κ1) is 11.2. The van der Waals surface area contributed by atoms with E-state index in [-0.39, 0.29) is 0 Å². The van der Waals surface area contributed by atoms with Crippen molar-refractivity contribution in [3.05, 3.63) is 35.2 Å². The van der Waals surface area contributed by atoms with E-state index in [0.717, 1.165) is 25.9 Å². The Bertz CT molecular complexity index is 536. The van der Waals surface area contributed by atoms with Crippen LogP contribution in [-0.4, -0.2) is 35.7 Å². The summed E-state index contributed by atoms with van der Waals surface area (Å²) >= 11 is 1.77. The summed E-state index contributed by atoms with van der Waals surface area (Å²) in [7, 11) is 2.07. The van der Waals surface area contributed by atoms with Crippen LogP contribution in [0.15, 0.2) is 29.6 Å². The third-order valence-electron chi connectivity index (χ3n) is 3.60. The Kier molecular flexibility index (Phi) is 2.69. The molecule has 0 amide bonds. The van der Waals surface area contributed by atoms with Gasteiger partial charge in [0.15, 0.2) is 0 Å². The molecule has 1 unspecified atom stereocenters. The zero-order valence-electron chi connectivity index (χ0n) is 10.0. The SMILES string of the molecule is CN1CCC(O)(Cc2csc3ccccc23)C1. The zero-order chi connectivity index (χ0) is 11.9. The maximum Gasteiger partial charge on any atom is 0.0826 e. The summed E-state index contributed by atoms with van der Waals surface area (Å²) < 4.78 is 1.32. The number of aliphatic hydroxyl groups is 1. The third kappa shape index (κ3) is 2.10. The van der Waals surface area contributed by atoms with Crippen LogP contribution >= 0.6 is 11.3 Å². The Morgan fingerprint density at radius 2 is 2.24 bits per heavy atom. The topological polar surface area (TPSA) is 23.5 Å². The Morgan fingerprint density at radius 1 is 1.41 bits per heavy atom. The summed E-state index contributed by atoms with van der Waals surface area (Å²) in [6.07, 6.45) is 1.66. The first-order valence-electron chi connectivity index (χ1n) is 6.02. The molecule has 0 radical (unpaired) electrons. The van der Waals surface area contributed by atoms with Crippen LogP contribution in [0.4, 0.5) is 0 Å². The number of benzene rings is 1. The van der Waals surface area contributed by atoms with Gasteiger partial charge in [-0.05, 0) is 35.9 Å². The second-order valence-electron chi connectivity index (χ2n) is 5.15. The van der Waals surface area contributed by atoms with E-state index in [9.17, 15) is 5.11 Å². The largest absolute Gasteiger partial charge is 0.388 e. The highest BCUT2D eigenvalue weighted by Crippen LogP contribution is 2.31. The molecule has 1 aromatic carbocycles. The van der Waals surface area contributed by atoms with E-state index < -0.39 is 5.60 Å². The minimum absolute atomic E-state index is 0.529. The Hall–Kier alpha value is -0.900. The predicted molar refractivity (Wildman–Crippen MR) is 72.6 cm³/mol. The summed E-state index contributed by atoms with van der Waals surface area (Å²) in [6, 6.07) is 8.45. The number of likely N-dealkylation sites (tertiary alicyclic amines) is 1. The summed E-state index contributed by atoms with van der Waals surface area (Å²) in [5, 5.41) is 14.1. The van der Waals surface area contributed by atoms with Crippen molar-refractivity contribution in [2.75, 3.05) is 20.1 Å². The molecule has 2 aromatic rings. The molecule has 1 atom stereocenters. The van der Waals surface area contributed by atoms with Gasteiger partial charge in [0, 0.05) is 24.2 Å². The molecule has 1 N–H and O–H groups in total. The minimum Gasteiger partial charge on any atom is -0.388 e. The van der Waals surface area contributed by atoms with Crippen LogP contribution in [0.3, 0.4) is 0 Å². The molecule has 90 valence electrons. The minimum atomic E-state index is -0.529. The van der Waals surface area contributed by atoms with Gasteiger partial charge in [0.1, 0.15) is 0 Å². The van der Waals surface area contributed by atoms with Crippen molar-refractivity contribution in [3.8, 4) is 0 Å². The highest BCUT2D eigenvalue weighted by atomic mass is 32.1. The number of rotatable bonds is 2. The van der Waals surface area contributed by atoms with Crippen molar-refractivity contribution in [3.63, 3.8) is 0 Å². The van der Waals surface area contributed by atoms with E-state index in [1.807, 2.05) is 0 Å². The third-order valence-corrected chi connectivity index (χ3v) is 4.62. The molecule has 1 aliphatic heterocycles. The molecular weight excluding hydrogens is 230 g/mol. The van der Waals surface area contributed by atoms with Crippen molar-refractivity contribution in [2.45, 2.75) is 18.4 Å². The molecule has 0 spiro atoms. The van der Waals surface area contributed by atoms with Gasteiger partial charge in [0.25, 0.3) is 0 Å². The van der Waals surface area contributed by atoms with Crippen LogP contribution in [0.25, 0.3) is 10.1 Å². The monoisotopic (exact) mass is 247 g/mol. The molecule has 17 heavy (non-hydrogen) atoms. The molecular formula is C14H17NOS. The van der Waals surface area contributed by atoms with Gasteiger partial charge in [-0.25, -0.2) is 0 Å². The van der Waals surface area contributed by atoms with Crippen LogP contribution in [0, 0.1) is 0 Å². The van der Waals surface area contributed by atoms with E-state index >= 15 is 0 Å². The summed E-state index contributed by atoms with van der Waals surface area (Å²) in [6.45, 7) is 1.79. The number of β-amino-alcohol motifs (C(OH)–C–C–N with tert-alkyl or cyclic N) is 1. The summed E-state index contributed by atoms with van der Waals surface area (Å²) in [5.41, 5.74) is 0.766. The Morgan fingerprint density at radius 3 is 3.00 bits per heavy atom. The number of hydrogen-bond donors (Lipinski definition) is 1. The van der Waals surface area contributed by atoms with Crippen LogP contribution in [0.5, 0.6) is 0 Å². The Balaban J connectivity index is 1.90. The molecule has 0 bridgehead atoms.